The second-order valence-electron chi connectivity index (χ2n) is 4.99. The molecule has 1 aliphatic carbocycles. The lowest BCUT2D eigenvalue weighted by Crippen LogP contribution is -2.36. The molecule has 0 amide bonds. The molecule has 0 atom stereocenters. The molecule has 118 valence electrons. The monoisotopic (exact) mass is 355 g/mol. The smallest absolute Gasteiger partial charge is 0.208 e. The average Bonchev–Trinajstić information content (AvgIpc) is 2.37. The summed E-state index contributed by atoms with van der Waals surface area (Å²) in [5.74, 6) is -1.14. The van der Waals surface area contributed by atoms with E-state index in [1.807, 2.05) is 0 Å². The Bertz CT molecular complexity index is 728. The molecule has 5 nitrogen and oxygen atoms in total. The number of hydrogen-bond donors (Lipinski definition) is 1. The van der Waals surface area contributed by atoms with Crippen molar-refractivity contribution >= 4 is 29.8 Å². The third kappa shape index (κ3) is 4.15. The van der Waals surface area contributed by atoms with E-state index in [1.165, 1.54) is 0 Å². The Balaban J connectivity index is 2.28. The molecule has 0 spiro atoms. The summed E-state index contributed by atoms with van der Waals surface area (Å²) < 4.78 is 62.8. The summed E-state index contributed by atoms with van der Waals surface area (Å²) in [6, 6.07) is 2.29. The van der Waals surface area contributed by atoms with Gasteiger partial charge in [0.05, 0.1) is 4.90 Å². The Morgan fingerprint density at radius 1 is 1.10 bits per heavy atom. The molecule has 1 aromatic carbocycles. The Morgan fingerprint density at radius 3 is 2.24 bits per heavy atom. The minimum absolute atomic E-state index is 0.209. The van der Waals surface area contributed by atoms with Crippen molar-refractivity contribution in [3.05, 3.63) is 24.0 Å². The van der Waals surface area contributed by atoms with E-state index >= 15 is 0 Å². The molecule has 0 bridgehead atoms. The van der Waals surface area contributed by atoms with Gasteiger partial charge in [0.1, 0.15) is 10.7 Å². The number of hydrogen-bond acceptors (Lipinski definition) is 4. The van der Waals surface area contributed by atoms with E-state index in [1.54, 1.807) is 0 Å². The summed E-state index contributed by atoms with van der Waals surface area (Å²) in [5.41, 5.74) is 0. The van der Waals surface area contributed by atoms with Gasteiger partial charge in [0.25, 0.3) is 9.05 Å². The van der Waals surface area contributed by atoms with E-state index in [0.717, 1.165) is 44.2 Å². The first kappa shape index (κ1) is 16.7. The van der Waals surface area contributed by atoms with Crippen LogP contribution in [0.4, 0.5) is 4.39 Å². The lowest BCUT2D eigenvalue weighted by atomic mass is 9.96. The van der Waals surface area contributed by atoms with Gasteiger partial charge in [-0.15, -0.1) is 0 Å². The molecule has 1 aromatic rings. The van der Waals surface area contributed by atoms with Gasteiger partial charge in [-0.1, -0.05) is 19.3 Å². The second-order valence-corrected chi connectivity index (χ2v) is 9.23. The molecule has 1 saturated carbocycles. The van der Waals surface area contributed by atoms with E-state index in [2.05, 4.69) is 4.72 Å². The van der Waals surface area contributed by atoms with Crippen molar-refractivity contribution in [2.75, 3.05) is 0 Å². The summed E-state index contributed by atoms with van der Waals surface area (Å²) in [5, 5.41) is 0. The summed E-state index contributed by atoms with van der Waals surface area (Å²) in [7, 11) is -3.02. The van der Waals surface area contributed by atoms with E-state index < -0.39 is 34.7 Å². The van der Waals surface area contributed by atoms with E-state index in [-0.39, 0.29) is 6.04 Å². The second kappa shape index (κ2) is 6.20. The highest BCUT2D eigenvalue weighted by molar-refractivity contribution is 8.13. The number of sulfonamides is 1. The van der Waals surface area contributed by atoms with Crippen molar-refractivity contribution in [2.24, 2.45) is 0 Å². The predicted octanol–water partition coefficient (Wildman–Crippen LogP) is 2.36. The van der Waals surface area contributed by atoms with Crippen LogP contribution in [0.1, 0.15) is 32.1 Å². The summed E-state index contributed by atoms with van der Waals surface area (Å²) in [6.45, 7) is 0. The fourth-order valence-electron chi connectivity index (χ4n) is 2.35. The number of nitrogens with one attached hydrogen (secondary N) is 1. The van der Waals surface area contributed by atoms with Crippen LogP contribution in [0, 0.1) is 5.82 Å². The normalized spacial score (nSPS) is 17.8. The third-order valence-electron chi connectivity index (χ3n) is 3.40. The molecule has 0 heterocycles. The lowest BCUT2D eigenvalue weighted by molar-refractivity contribution is 0.411. The molecule has 21 heavy (non-hydrogen) atoms. The minimum atomic E-state index is -4.10. The van der Waals surface area contributed by atoms with Gasteiger partial charge in [-0.2, -0.15) is 0 Å². The van der Waals surface area contributed by atoms with Gasteiger partial charge in [0.2, 0.25) is 10.0 Å². The fraction of sp³-hybridized carbons (Fsp3) is 0.500. The summed E-state index contributed by atoms with van der Waals surface area (Å²) in [6.07, 6.45) is 4.36. The number of benzene rings is 1. The molecular formula is C12H15ClFNO4S2. The Kier molecular flexibility index (Phi) is 4.92. The minimum Gasteiger partial charge on any atom is -0.208 e. The predicted molar refractivity (Wildman–Crippen MR) is 76.6 cm³/mol. The maximum atomic E-state index is 13.9. The van der Waals surface area contributed by atoms with Crippen molar-refractivity contribution in [1.29, 1.82) is 0 Å². The van der Waals surface area contributed by atoms with Crippen molar-refractivity contribution < 1.29 is 21.2 Å². The molecule has 0 aromatic heterocycles. The average molecular weight is 356 g/mol. The summed E-state index contributed by atoms with van der Waals surface area (Å²) in [4.78, 5) is -1.05. The van der Waals surface area contributed by atoms with Crippen LogP contribution in [0.2, 0.25) is 0 Å². The van der Waals surface area contributed by atoms with Crippen molar-refractivity contribution in [1.82, 2.24) is 4.72 Å². The molecule has 0 saturated heterocycles. The summed E-state index contributed by atoms with van der Waals surface area (Å²) >= 11 is 0. The van der Waals surface area contributed by atoms with E-state index in [9.17, 15) is 21.2 Å². The van der Waals surface area contributed by atoms with Crippen molar-refractivity contribution in [3.63, 3.8) is 0 Å². The molecule has 1 fully saturated rings. The molecule has 1 aliphatic rings. The Morgan fingerprint density at radius 2 is 1.71 bits per heavy atom. The maximum Gasteiger partial charge on any atom is 0.261 e. The molecular weight excluding hydrogens is 341 g/mol. The van der Waals surface area contributed by atoms with Crippen LogP contribution in [0.3, 0.4) is 0 Å². The Labute approximate surface area is 128 Å². The van der Waals surface area contributed by atoms with Crippen molar-refractivity contribution in [2.45, 2.75) is 47.9 Å². The van der Waals surface area contributed by atoms with Crippen LogP contribution < -0.4 is 4.72 Å². The zero-order chi connectivity index (χ0) is 15.7. The lowest BCUT2D eigenvalue weighted by Gasteiger charge is -2.22. The quantitative estimate of drug-likeness (QED) is 0.841. The Hall–Kier alpha value is -0.700. The van der Waals surface area contributed by atoms with Gasteiger partial charge in [-0.05, 0) is 31.0 Å². The first-order chi connectivity index (χ1) is 9.70. The zero-order valence-corrected chi connectivity index (χ0v) is 13.4. The van der Waals surface area contributed by atoms with Crippen LogP contribution >= 0.6 is 10.7 Å². The van der Waals surface area contributed by atoms with E-state index in [4.69, 9.17) is 10.7 Å². The molecule has 0 unspecified atom stereocenters. The van der Waals surface area contributed by atoms with Gasteiger partial charge in [-0.3, -0.25) is 0 Å². The van der Waals surface area contributed by atoms with Crippen LogP contribution in [0.15, 0.2) is 28.0 Å². The van der Waals surface area contributed by atoms with Gasteiger partial charge < -0.3 is 0 Å². The van der Waals surface area contributed by atoms with Crippen LogP contribution in [-0.2, 0) is 19.1 Å². The van der Waals surface area contributed by atoms with E-state index in [0.29, 0.717) is 6.07 Å². The van der Waals surface area contributed by atoms with Gasteiger partial charge >= 0.3 is 0 Å². The van der Waals surface area contributed by atoms with Gasteiger partial charge in [0.15, 0.2) is 0 Å². The SMILES string of the molecule is O=S(=O)(Cl)c1ccc(S(=O)(=O)NC2CCCCC2)c(F)c1. The third-order valence-corrected chi connectivity index (χ3v) is 6.31. The van der Waals surface area contributed by atoms with Gasteiger partial charge in [-0.25, -0.2) is 25.9 Å². The van der Waals surface area contributed by atoms with Crippen LogP contribution in [0.25, 0.3) is 0 Å². The fourth-order valence-corrected chi connectivity index (χ4v) is 4.48. The first-order valence-corrected chi connectivity index (χ1v) is 10.3. The standard InChI is InChI=1S/C12H15ClFNO4S2/c13-20(16,17)10-6-7-12(11(14)8-10)21(18,19)15-9-4-2-1-3-5-9/h6-9,15H,1-5H2. The van der Waals surface area contributed by atoms with Crippen LogP contribution in [0.5, 0.6) is 0 Å². The molecule has 0 aliphatic heterocycles. The largest absolute Gasteiger partial charge is 0.261 e. The molecule has 9 heteroatoms. The number of halogens is 2. The van der Waals surface area contributed by atoms with Crippen LogP contribution in [-0.4, -0.2) is 22.9 Å². The highest BCUT2D eigenvalue weighted by Gasteiger charge is 2.25. The number of rotatable bonds is 4. The highest BCUT2D eigenvalue weighted by Crippen LogP contribution is 2.23. The maximum absolute atomic E-state index is 13.9. The molecule has 0 radical (unpaired) electrons. The highest BCUT2D eigenvalue weighted by atomic mass is 35.7. The first-order valence-electron chi connectivity index (χ1n) is 6.47. The molecule has 1 N–H and O–H groups in total. The van der Waals surface area contributed by atoms with Crippen molar-refractivity contribution in [3.8, 4) is 0 Å². The molecule has 2 rings (SSSR count). The topological polar surface area (TPSA) is 80.3 Å². The zero-order valence-electron chi connectivity index (χ0n) is 11.1. The van der Waals surface area contributed by atoms with Gasteiger partial charge in [0, 0.05) is 16.7 Å².